The molecule has 2 rings (SSSR count). The molecule has 35 heavy (non-hydrogen) atoms. The lowest BCUT2D eigenvalue weighted by Crippen LogP contribution is -2.64. The molecule has 5 atom stereocenters. The van der Waals surface area contributed by atoms with Crippen molar-refractivity contribution >= 4 is 36.0 Å². The molecule has 1 aromatic rings. The number of aldehydes is 1. The molecule has 192 valence electrons. The minimum Gasteiger partial charge on any atom is -0.463 e. The molecule has 0 bridgehead atoms. The summed E-state index contributed by atoms with van der Waals surface area (Å²) in [6, 6.07) is 0. The Kier molecular flexibility index (Phi) is 8.88. The SMILES string of the molecule is CC(=O)OC[C@H]1O[C@@H](Nc2[nH]c(=O)n(C)c(=O)c2C=O)[C@@H](OC(C)=O)[C@@H](OC(C)=O)[C@@H]1OC(C)=O. The number of anilines is 1. The molecule has 0 unspecified atom stereocenters. The number of esters is 4. The quantitative estimate of drug-likeness (QED) is 0.235. The predicted molar refractivity (Wildman–Crippen MR) is 113 cm³/mol. The predicted octanol–water partition coefficient (Wildman–Crippen LogP) is -1.62. The fraction of sp³-hybridized carbons (Fsp3) is 0.550. The number of nitrogens with zero attached hydrogens (tertiary/aromatic N) is 1. The molecule has 0 radical (unpaired) electrons. The first-order valence-electron chi connectivity index (χ1n) is 10.2. The molecule has 1 saturated heterocycles. The van der Waals surface area contributed by atoms with Crippen LogP contribution in [0.5, 0.6) is 0 Å². The average Bonchev–Trinajstić information content (AvgIpc) is 2.74. The van der Waals surface area contributed by atoms with Gasteiger partial charge in [0.05, 0.1) is 0 Å². The number of hydrogen-bond donors (Lipinski definition) is 2. The van der Waals surface area contributed by atoms with Crippen molar-refractivity contribution in [3.05, 3.63) is 26.4 Å². The van der Waals surface area contributed by atoms with Gasteiger partial charge in [-0.2, -0.15) is 0 Å². The Morgan fingerprint density at radius 1 is 0.943 bits per heavy atom. The summed E-state index contributed by atoms with van der Waals surface area (Å²) >= 11 is 0. The lowest BCUT2D eigenvalue weighted by Gasteiger charge is -2.44. The summed E-state index contributed by atoms with van der Waals surface area (Å²) in [5, 5.41) is 2.59. The largest absolute Gasteiger partial charge is 0.463 e. The van der Waals surface area contributed by atoms with Crippen molar-refractivity contribution in [1.82, 2.24) is 9.55 Å². The first-order valence-corrected chi connectivity index (χ1v) is 10.2. The van der Waals surface area contributed by atoms with Gasteiger partial charge in [-0.15, -0.1) is 0 Å². The lowest BCUT2D eigenvalue weighted by atomic mass is 9.97. The Bertz CT molecular complexity index is 1120. The van der Waals surface area contributed by atoms with Crippen molar-refractivity contribution in [2.45, 2.75) is 58.3 Å². The number of ether oxygens (including phenoxy) is 5. The van der Waals surface area contributed by atoms with Crippen molar-refractivity contribution in [2.75, 3.05) is 11.9 Å². The van der Waals surface area contributed by atoms with Gasteiger partial charge in [-0.05, 0) is 0 Å². The summed E-state index contributed by atoms with van der Waals surface area (Å²) < 4.78 is 27.2. The monoisotopic (exact) mass is 499 g/mol. The van der Waals surface area contributed by atoms with Crippen LogP contribution in [-0.2, 0) is 49.9 Å². The Morgan fingerprint density at radius 2 is 1.49 bits per heavy atom. The van der Waals surface area contributed by atoms with Gasteiger partial charge in [-0.3, -0.25) is 38.3 Å². The molecule has 1 aliphatic rings. The van der Waals surface area contributed by atoms with Crippen LogP contribution in [0.3, 0.4) is 0 Å². The van der Waals surface area contributed by atoms with Gasteiger partial charge in [0.2, 0.25) is 0 Å². The normalized spacial score (nSPS) is 23.5. The molecule has 0 spiro atoms. The second kappa shape index (κ2) is 11.4. The zero-order valence-electron chi connectivity index (χ0n) is 19.5. The number of rotatable bonds is 8. The van der Waals surface area contributed by atoms with Gasteiger partial charge in [0.25, 0.3) is 5.56 Å². The minimum atomic E-state index is -1.51. The summed E-state index contributed by atoms with van der Waals surface area (Å²) in [5.41, 5.74) is -2.30. The summed E-state index contributed by atoms with van der Waals surface area (Å²) in [6.45, 7) is 3.80. The second-order valence-electron chi connectivity index (χ2n) is 7.47. The third-order valence-electron chi connectivity index (χ3n) is 4.74. The van der Waals surface area contributed by atoms with Crippen LogP contribution in [0.2, 0.25) is 0 Å². The number of nitrogens with one attached hydrogen (secondary N) is 2. The summed E-state index contributed by atoms with van der Waals surface area (Å²) in [7, 11) is 1.15. The van der Waals surface area contributed by atoms with Crippen LogP contribution < -0.4 is 16.6 Å². The van der Waals surface area contributed by atoms with Crippen molar-refractivity contribution < 1.29 is 47.7 Å². The fourth-order valence-electron chi connectivity index (χ4n) is 3.35. The number of H-pyrrole nitrogens is 1. The maximum absolute atomic E-state index is 12.3. The topological polar surface area (TPSA) is 198 Å². The Labute approximate surface area is 197 Å². The van der Waals surface area contributed by atoms with E-state index in [0.717, 1.165) is 34.7 Å². The minimum absolute atomic E-state index is 0.186. The molecule has 2 heterocycles. The van der Waals surface area contributed by atoms with Crippen LogP contribution in [0.1, 0.15) is 38.1 Å². The highest BCUT2D eigenvalue weighted by Crippen LogP contribution is 2.30. The van der Waals surface area contributed by atoms with E-state index in [4.69, 9.17) is 23.7 Å². The Morgan fingerprint density at radius 3 is 2.00 bits per heavy atom. The summed E-state index contributed by atoms with van der Waals surface area (Å²) in [4.78, 5) is 85.1. The molecule has 0 aromatic carbocycles. The molecule has 0 amide bonds. The van der Waals surface area contributed by atoms with E-state index in [0.29, 0.717) is 4.57 Å². The van der Waals surface area contributed by atoms with Crippen LogP contribution >= 0.6 is 0 Å². The molecule has 1 fully saturated rings. The molecule has 1 aliphatic heterocycles. The van der Waals surface area contributed by atoms with Gasteiger partial charge in [0.1, 0.15) is 24.1 Å². The zero-order valence-corrected chi connectivity index (χ0v) is 19.5. The van der Waals surface area contributed by atoms with Gasteiger partial charge in [0, 0.05) is 34.7 Å². The zero-order chi connectivity index (χ0) is 26.4. The van der Waals surface area contributed by atoms with E-state index in [-0.39, 0.29) is 12.1 Å². The average molecular weight is 499 g/mol. The van der Waals surface area contributed by atoms with Gasteiger partial charge in [-0.25, -0.2) is 4.79 Å². The van der Waals surface area contributed by atoms with Crippen molar-refractivity contribution in [2.24, 2.45) is 7.05 Å². The number of carbonyl (C=O) groups is 5. The van der Waals surface area contributed by atoms with E-state index < -0.39 is 77.9 Å². The molecule has 0 aliphatic carbocycles. The van der Waals surface area contributed by atoms with E-state index >= 15 is 0 Å². The maximum atomic E-state index is 12.3. The first kappa shape index (κ1) is 27.2. The third-order valence-corrected chi connectivity index (χ3v) is 4.74. The van der Waals surface area contributed by atoms with Crippen LogP contribution in [0, 0.1) is 0 Å². The van der Waals surface area contributed by atoms with Gasteiger partial charge in [0.15, 0.2) is 30.8 Å². The number of aromatic amines is 1. The summed E-state index contributed by atoms with van der Waals surface area (Å²) in [6.07, 6.45) is -6.96. The number of carbonyl (C=O) groups excluding carboxylic acids is 5. The molecule has 15 nitrogen and oxygen atoms in total. The van der Waals surface area contributed by atoms with E-state index in [9.17, 15) is 33.6 Å². The molecule has 2 N–H and O–H groups in total. The lowest BCUT2D eigenvalue weighted by molar-refractivity contribution is -0.247. The van der Waals surface area contributed by atoms with Crippen LogP contribution in [0.4, 0.5) is 5.82 Å². The van der Waals surface area contributed by atoms with Crippen molar-refractivity contribution in [3.8, 4) is 0 Å². The molecule has 15 heteroatoms. The molecule has 0 saturated carbocycles. The summed E-state index contributed by atoms with van der Waals surface area (Å²) in [5.74, 6) is -3.59. The highest BCUT2D eigenvalue weighted by atomic mass is 16.7. The van der Waals surface area contributed by atoms with Crippen molar-refractivity contribution in [1.29, 1.82) is 0 Å². The van der Waals surface area contributed by atoms with Crippen LogP contribution in [-0.4, -0.2) is 77.0 Å². The van der Waals surface area contributed by atoms with E-state index in [2.05, 4.69) is 10.3 Å². The highest BCUT2D eigenvalue weighted by molar-refractivity contribution is 5.81. The Balaban J connectivity index is 2.61. The maximum Gasteiger partial charge on any atom is 0.329 e. The Hall–Kier alpha value is -4.01. The van der Waals surface area contributed by atoms with Gasteiger partial charge in [-0.1, -0.05) is 0 Å². The third kappa shape index (κ3) is 6.75. The fourth-order valence-corrected chi connectivity index (χ4v) is 3.35. The first-order chi connectivity index (χ1) is 16.3. The molecular formula is C20H25N3O12. The van der Waals surface area contributed by atoms with Crippen LogP contribution in [0.15, 0.2) is 9.59 Å². The van der Waals surface area contributed by atoms with E-state index in [1.807, 2.05) is 0 Å². The van der Waals surface area contributed by atoms with E-state index in [1.54, 1.807) is 0 Å². The highest BCUT2D eigenvalue weighted by Gasteiger charge is 2.52. The second-order valence-corrected chi connectivity index (χ2v) is 7.47. The number of aromatic nitrogens is 2. The number of hydrogen-bond acceptors (Lipinski definition) is 13. The van der Waals surface area contributed by atoms with E-state index in [1.165, 1.54) is 0 Å². The van der Waals surface area contributed by atoms with Gasteiger partial charge < -0.3 is 29.0 Å². The standard InChI is InChI=1S/C20H25N3O12/c1-8(25)31-7-13-14(32-9(2)26)15(33-10(3)27)16(34-11(4)28)18(35-13)21-17-12(6-24)19(29)23(5)20(30)22-17/h6,13-16,18,21H,7H2,1-5H3,(H,22,30)/t13-,14-,15+,16+,18-/m1/s1. The molecular weight excluding hydrogens is 474 g/mol. The van der Waals surface area contributed by atoms with Crippen LogP contribution in [0.25, 0.3) is 0 Å². The van der Waals surface area contributed by atoms with Crippen molar-refractivity contribution in [3.63, 3.8) is 0 Å². The van der Waals surface area contributed by atoms with Gasteiger partial charge >= 0.3 is 29.6 Å². The molecule has 1 aromatic heterocycles. The smallest absolute Gasteiger partial charge is 0.329 e.